The van der Waals surface area contributed by atoms with E-state index in [1.165, 1.54) is 5.56 Å². The van der Waals surface area contributed by atoms with E-state index in [9.17, 15) is 0 Å². The van der Waals surface area contributed by atoms with E-state index < -0.39 is 0 Å². The highest BCUT2D eigenvalue weighted by Gasteiger charge is 2.10. The number of benzene rings is 1. The van der Waals surface area contributed by atoms with Crippen molar-refractivity contribution in [2.45, 2.75) is 20.4 Å². The quantitative estimate of drug-likeness (QED) is 0.915. The summed E-state index contributed by atoms with van der Waals surface area (Å²) in [4.78, 5) is 0. The maximum absolute atomic E-state index is 6.04. The van der Waals surface area contributed by atoms with E-state index in [0.717, 1.165) is 30.2 Å². The first-order valence-corrected chi connectivity index (χ1v) is 6.63. The second-order valence-electron chi connectivity index (χ2n) is 4.28. The van der Waals surface area contributed by atoms with Gasteiger partial charge in [0.15, 0.2) is 0 Å². The minimum absolute atomic E-state index is 0.664. The van der Waals surface area contributed by atoms with Crippen molar-refractivity contribution in [1.29, 1.82) is 0 Å². The third kappa shape index (κ3) is 3.08. The lowest BCUT2D eigenvalue weighted by atomic mass is 10.2. The Morgan fingerprint density at radius 1 is 1.42 bits per heavy atom. The average molecular weight is 280 g/mol. The highest BCUT2D eigenvalue weighted by Crippen LogP contribution is 2.26. The molecule has 0 unspecified atom stereocenters. The van der Waals surface area contributed by atoms with Gasteiger partial charge in [-0.25, -0.2) is 4.68 Å². The first kappa shape index (κ1) is 13.9. The predicted octanol–water partition coefficient (Wildman–Crippen LogP) is 2.95. The molecule has 0 fully saturated rings. The van der Waals surface area contributed by atoms with E-state index in [-0.39, 0.29) is 0 Å². The van der Waals surface area contributed by atoms with Gasteiger partial charge < -0.3 is 10.1 Å². The van der Waals surface area contributed by atoms with E-state index in [4.69, 9.17) is 16.3 Å². The molecule has 0 amide bonds. The zero-order valence-corrected chi connectivity index (χ0v) is 12.2. The summed E-state index contributed by atoms with van der Waals surface area (Å²) in [6.07, 6.45) is 2.01. The van der Waals surface area contributed by atoms with Crippen LogP contribution in [0.15, 0.2) is 24.4 Å². The number of ether oxygens (including phenoxy) is 1. The van der Waals surface area contributed by atoms with E-state index in [1.807, 2.05) is 29.9 Å². The number of rotatable bonds is 5. The number of aromatic nitrogens is 2. The van der Waals surface area contributed by atoms with Gasteiger partial charge in [-0.2, -0.15) is 5.10 Å². The molecule has 2 rings (SSSR count). The Labute approximate surface area is 118 Å². The Kier molecular flexibility index (Phi) is 4.45. The van der Waals surface area contributed by atoms with Gasteiger partial charge in [-0.1, -0.05) is 18.5 Å². The van der Waals surface area contributed by atoms with Crippen molar-refractivity contribution in [2.75, 3.05) is 13.7 Å². The molecule has 19 heavy (non-hydrogen) atoms. The second-order valence-corrected chi connectivity index (χ2v) is 4.72. The largest absolute Gasteiger partial charge is 0.494 e. The van der Waals surface area contributed by atoms with Crippen LogP contribution in [0.25, 0.3) is 5.69 Å². The molecule has 0 aliphatic carbocycles. The summed E-state index contributed by atoms with van der Waals surface area (Å²) in [6.45, 7) is 5.83. The van der Waals surface area contributed by atoms with Crippen molar-refractivity contribution in [3.8, 4) is 11.4 Å². The molecule has 0 bridgehead atoms. The maximum atomic E-state index is 6.04. The average Bonchev–Trinajstić information content (AvgIpc) is 2.77. The SMILES string of the molecule is CCNCc1cn(-c2cc(Cl)ccc2OC)nc1C. The monoisotopic (exact) mass is 279 g/mol. The summed E-state index contributed by atoms with van der Waals surface area (Å²) in [5, 5.41) is 8.49. The Morgan fingerprint density at radius 3 is 2.89 bits per heavy atom. The molecule has 0 aliphatic heterocycles. The van der Waals surface area contributed by atoms with Crippen molar-refractivity contribution < 1.29 is 4.74 Å². The van der Waals surface area contributed by atoms with Crippen molar-refractivity contribution in [1.82, 2.24) is 15.1 Å². The van der Waals surface area contributed by atoms with Gasteiger partial charge in [-0.05, 0) is 31.7 Å². The summed E-state index contributed by atoms with van der Waals surface area (Å²) in [7, 11) is 1.64. The number of nitrogens with zero attached hydrogens (tertiary/aromatic N) is 2. The van der Waals surface area contributed by atoms with Crippen LogP contribution in [0.2, 0.25) is 5.02 Å². The molecular weight excluding hydrogens is 262 g/mol. The van der Waals surface area contributed by atoms with E-state index in [1.54, 1.807) is 13.2 Å². The smallest absolute Gasteiger partial charge is 0.144 e. The highest BCUT2D eigenvalue weighted by atomic mass is 35.5. The molecule has 1 aromatic heterocycles. The third-order valence-corrected chi connectivity index (χ3v) is 3.19. The van der Waals surface area contributed by atoms with Crippen LogP contribution < -0.4 is 10.1 Å². The number of methoxy groups -OCH3 is 1. The van der Waals surface area contributed by atoms with E-state index in [0.29, 0.717) is 5.02 Å². The molecule has 1 N–H and O–H groups in total. The van der Waals surface area contributed by atoms with Crippen LogP contribution in [-0.4, -0.2) is 23.4 Å². The predicted molar refractivity (Wildman–Crippen MR) is 77.2 cm³/mol. The highest BCUT2D eigenvalue weighted by molar-refractivity contribution is 6.30. The lowest BCUT2D eigenvalue weighted by molar-refractivity contribution is 0.411. The van der Waals surface area contributed by atoms with Gasteiger partial charge in [0.1, 0.15) is 11.4 Å². The molecule has 102 valence electrons. The molecule has 0 atom stereocenters. The Morgan fingerprint density at radius 2 is 2.21 bits per heavy atom. The summed E-state index contributed by atoms with van der Waals surface area (Å²) < 4.78 is 7.16. The number of hydrogen-bond acceptors (Lipinski definition) is 3. The van der Waals surface area contributed by atoms with Gasteiger partial charge in [0.2, 0.25) is 0 Å². The van der Waals surface area contributed by atoms with Gasteiger partial charge >= 0.3 is 0 Å². The fourth-order valence-electron chi connectivity index (χ4n) is 1.89. The fourth-order valence-corrected chi connectivity index (χ4v) is 2.06. The van der Waals surface area contributed by atoms with E-state index in [2.05, 4.69) is 17.3 Å². The molecule has 0 aliphatic rings. The molecule has 0 saturated heterocycles. The standard InChI is InChI=1S/C14H18ClN3O/c1-4-16-8-11-9-18(17-10(11)2)13-7-12(15)5-6-14(13)19-3/h5-7,9,16H,4,8H2,1-3H3. The van der Waals surface area contributed by atoms with E-state index >= 15 is 0 Å². The summed E-state index contributed by atoms with van der Waals surface area (Å²) in [5.74, 6) is 0.752. The molecule has 0 spiro atoms. The molecule has 1 heterocycles. The number of aryl methyl sites for hydroxylation is 1. The number of halogens is 1. The summed E-state index contributed by atoms with van der Waals surface area (Å²) in [6, 6.07) is 5.50. The Balaban J connectivity index is 2.39. The van der Waals surface area contributed by atoms with Crippen molar-refractivity contribution in [3.05, 3.63) is 40.7 Å². The van der Waals surface area contributed by atoms with Gasteiger partial charge in [0, 0.05) is 23.3 Å². The summed E-state index contributed by atoms with van der Waals surface area (Å²) >= 11 is 6.04. The van der Waals surface area contributed by atoms with Gasteiger partial charge in [-0.15, -0.1) is 0 Å². The first-order valence-electron chi connectivity index (χ1n) is 6.25. The van der Waals surface area contributed by atoms with Crippen LogP contribution in [0, 0.1) is 6.92 Å². The number of hydrogen-bond donors (Lipinski definition) is 1. The molecule has 4 nitrogen and oxygen atoms in total. The third-order valence-electron chi connectivity index (χ3n) is 2.95. The van der Waals surface area contributed by atoms with Crippen LogP contribution in [0.1, 0.15) is 18.2 Å². The fraction of sp³-hybridized carbons (Fsp3) is 0.357. The summed E-state index contributed by atoms with van der Waals surface area (Å²) in [5.41, 5.74) is 3.02. The molecule has 1 aromatic carbocycles. The Hall–Kier alpha value is -1.52. The van der Waals surface area contributed by atoms with Gasteiger partial charge in [0.25, 0.3) is 0 Å². The molecule has 0 saturated carbocycles. The normalized spacial score (nSPS) is 10.7. The minimum Gasteiger partial charge on any atom is -0.494 e. The topological polar surface area (TPSA) is 39.1 Å². The van der Waals surface area contributed by atoms with Crippen LogP contribution in [0.4, 0.5) is 0 Å². The number of nitrogens with one attached hydrogen (secondary N) is 1. The van der Waals surface area contributed by atoms with Crippen molar-refractivity contribution in [2.24, 2.45) is 0 Å². The maximum Gasteiger partial charge on any atom is 0.144 e. The zero-order valence-electron chi connectivity index (χ0n) is 11.4. The molecule has 0 radical (unpaired) electrons. The van der Waals surface area contributed by atoms with Crippen LogP contribution in [-0.2, 0) is 6.54 Å². The molecule has 5 heteroatoms. The van der Waals surface area contributed by atoms with Gasteiger partial charge in [-0.3, -0.25) is 0 Å². The van der Waals surface area contributed by atoms with Crippen LogP contribution in [0.3, 0.4) is 0 Å². The van der Waals surface area contributed by atoms with Gasteiger partial charge in [0.05, 0.1) is 12.8 Å². The van der Waals surface area contributed by atoms with Crippen molar-refractivity contribution >= 4 is 11.6 Å². The molecule has 2 aromatic rings. The second kappa shape index (κ2) is 6.08. The van der Waals surface area contributed by atoms with Crippen LogP contribution in [0.5, 0.6) is 5.75 Å². The minimum atomic E-state index is 0.664. The lowest BCUT2D eigenvalue weighted by Gasteiger charge is -2.08. The van der Waals surface area contributed by atoms with Crippen LogP contribution >= 0.6 is 11.6 Å². The lowest BCUT2D eigenvalue weighted by Crippen LogP contribution is -2.11. The Bertz CT molecular complexity index is 566. The molecular formula is C14H18ClN3O. The van der Waals surface area contributed by atoms with Crippen molar-refractivity contribution in [3.63, 3.8) is 0 Å². The zero-order chi connectivity index (χ0) is 13.8. The first-order chi connectivity index (χ1) is 9.15.